The third-order valence-corrected chi connectivity index (χ3v) is 7.24. The van der Waals surface area contributed by atoms with Crippen molar-refractivity contribution in [1.29, 1.82) is 0 Å². The van der Waals surface area contributed by atoms with Gasteiger partial charge in [0.1, 0.15) is 23.1 Å². The van der Waals surface area contributed by atoms with Crippen LogP contribution in [0, 0.1) is 49.4 Å². The van der Waals surface area contributed by atoms with Gasteiger partial charge in [-0.15, -0.1) is 6.42 Å². The maximum atomic E-state index is 11.0. The fraction of sp³-hybridized carbons (Fsp3) is 0.820. The normalized spacial score (nSPS) is 10.6. The zero-order valence-electron chi connectivity index (χ0n) is 41.9. The van der Waals surface area contributed by atoms with E-state index in [1.165, 1.54) is 26.2 Å². The van der Waals surface area contributed by atoms with E-state index in [1.54, 1.807) is 6.92 Å². The number of rotatable bonds is 22. The number of carbonyl (C=O) groups is 5. The van der Waals surface area contributed by atoms with Crippen LogP contribution in [-0.4, -0.2) is 55.3 Å². The molecule has 0 aliphatic carbocycles. The van der Waals surface area contributed by atoms with Gasteiger partial charge in [0.25, 0.3) is 0 Å². The van der Waals surface area contributed by atoms with Crippen molar-refractivity contribution < 1.29 is 75.6 Å². The van der Waals surface area contributed by atoms with Crippen LogP contribution in [0.3, 0.4) is 0 Å². The van der Waals surface area contributed by atoms with Crippen molar-refractivity contribution in [1.82, 2.24) is 0 Å². The van der Waals surface area contributed by atoms with Gasteiger partial charge in [-0.2, -0.15) is 19.3 Å². The molecule has 0 aromatic rings. The quantitative estimate of drug-likeness (QED) is 0.0786. The zero-order chi connectivity index (χ0) is 46.2. The maximum absolute atomic E-state index is 11.0. The summed E-state index contributed by atoms with van der Waals surface area (Å²) in [4.78, 5) is 53.3. The molecule has 352 valence electrons. The Morgan fingerprint density at radius 2 is 0.763 bits per heavy atom. The second-order valence-electron chi connectivity index (χ2n) is 19.6. The Labute approximate surface area is 397 Å². The van der Waals surface area contributed by atoms with E-state index in [9.17, 15) is 24.0 Å². The fourth-order valence-corrected chi connectivity index (χ4v) is 4.15. The number of unbranched alkanes of at least 4 members (excludes halogenated alkanes) is 1. The number of ether oxygens (including phenoxy) is 2. The monoisotopic (exact) mass is 1180 g/mol. The van der Waals surface area contributed by atoms with Crippen molar-refractivity contribution in [2.45, 2.75) is 220 Å². The third-order valence-electron chi connectivity index (χ3n) is 7.24. The standard InChI is InChI=1S/2C12H24O2.2C9H17O.C4H7O.C4H9.2W/c1-11(13)7-5-9-14-10-6-8-12(2,3)4;1-5-11(13)7-10-14-9-6-8-12(2,3)4;2*1-5-6-8(10)7-9(2,3)4;1-3-4(2)5;1-3-4-2;;/h2*5-10H2,1-4H3;2*1,5-7H2,2-4H3;1,3H2,2H3;1,3-4H2,2H3;;/q;;4*-1;2*+2. The molecule has 0 aromatic heterocycles. The van der Waals surface area contributed by atoms with E-state index in [0.717, 1.165) is 58.3 Å². The van der Waals surface area contributed by atoms with Crippen LogP contribution in [0.15, 0.2) is 0 Å². The minimum Gasteiger partial charge on any atom is -0.381 e. The maximum Gasteiger partial charge on any atom is 2.00 e. The Morgan fingerprint density at radius 1 is 0.441 bits per heavy atom. The van der Waals surface area contributed by atoms with Crippen molar-refractivity contribution in [3.8, 4) is 0 Å². The molecule has 0 radical (unpaired) electrons. The third kappa shape index (κ3) is 103. The van der Waals surface area contributed by atoms with E-state index in [2.05, 4.69) is 118 Å². The van der Waals surface area contributed by atoms with Crippen LogP contribution in [0.1, 0.15) is 220 Å². The molecule has 0 aromatic carbocycles. The molecular weight excluding hydrogens is 1080 g/mol. The predicted octanol–water partition coefficient (Wildman–Crippen LogP) is 14.0. The first-order valence-corrected chi connectivity index (χ1v) is 21.8. The van der Waals surface area contributed by atoms with Gasteiger partial charge in [0.2, 0.25) is 0 Å². The first-order valence-electron chi connectivity index (χ1n) is 21.8. The molecule has 0 aliphatic heterocycles. The van der Waals surface area contributed by atoms with Gasteiger partial charge in [0.15, 0.2) is 0 Å². The number of carbonyl (C=O) groups excluding carboxylic acids is 5. The van der Waals surface area contributed by atoms with E-state index < -0.39 is 0 Å². The van der Waals surface area contributed by atoms with Crippen LogP contribution in [0.25, 0.3) is 0 Å². The van der Waals surface area contributed by atoms with Crippen molar-refractivity contribution in [3.63, 3.8) is 0 Å². The Hall–Kier alpha value is -0.353. The molecule has 0 amide bonds. The average molecular weight is 1180 g/mol. The van der Waals surface area contributed by atoms with Gasteiger partial charge >= 0.3 is 42.1 Å². The van der Waals surface area contributed by atoms with Gasteiger partial charge in [-0.05, 0) is 80.5 Å². The van der Waals surface area contributed by atoms with Gasteiger partial charge in [0.05, 0.1) is 12.4 Å². The summed E-state index contributed by atoms with van der Waals surface area (Å²) in [6.45, 7) is 50.2. The molecule has 0 saturated heterocycles. The largest absolute Gasteiger partial charge is 2.00 e. The van der Waals surface area contributed by atoms with Gasteiger partial charge in [-0.1, -0.05) is 103 Å². The summed E-state index contributed by atoms with van der Waals surface area (Å²) in [5.41, 5.74) is 1.09. The number of Topliss-reactive ketones (excluding diaryl/α,β-unsaturated/α-hetero) is 5. The van der Waals surface area contributed by atoms with Gasteiger partial charge in [-0.25, -0.2) is 0 Å². The van der Waals surface area contributed by atoms with Crippen LogP contribution in [0.2, 0.25) is 0 Å². The second kappa shape index (κ2) is 48.7. The van der Waals surface area contributed by atoms with E-state index in [-0.39, 0.29) is 64.5 Å². The molecule has 0 fully saturated rings. The van der Waals surface area contributed by atoms with Crippen molar-refractivity contribution >= 4 is 28.9 Å². The second-order valence-corrected chi connectivity index (χ2v) is 19.6. The molecule has 7 nitrogen and oxygen atoms in total. The summed E-state index contributed by atoms with van der Waals surface area (Å²) < 4.78 is 10.8. The molecule has 0 unspecified atom stereocenters. The first-order chi connectivity index (χ1) is 26.0. The van der Waals surface area contributed by atoms with Crippen molar-refractivity contribution in [2.75, 3.05) is 26.4 Å². The molecule has 0 N–H and O–H groups in total. The Bertz CT molecular complexity index is 918. The molecule has 59 heavy (non-hydrogen) atoms. The average Bonchev–Trinajstić information content (AvgIpc) is 3.04. The molecule has 0 aliphatic rings. The zero-order valence-corrected chi connectivity index (χ0v) is 47.7. The topological polar surface area (TPSA) is 104 Å². The SMILES string of the molecule is CC(=O)CCCOCCCC(C)(C)C.CCC(=O)CCOCCCC(C)(C)C.[CH2-]CC(C)=O.[CH2-]CCC.[CH2-]CCC(=O)CC(C)(C)C.[CH2-]CCC(=O)CC(C)(C)C.[W+2].[W+2]. The smallest absolute Gasteiger partial charge is 0.381 e. The van der Waals surface area contributed by atoms with Crippen molar-refractivity contribution in [3.05, 3.63) is 27.7 Å². The van der Waals surface area contributed by atoms with E-state index >= 15 is 0 Å². The molecule has 9 heteroatoms. The minimum absolute atomic E-state index is 0. The van der Waals surface area contributed by atoms with Gasteiger partial charge < -0.3 is 46.8 Å². The van der Waals surface area contributed by atoms with E-state index in [1.807, 2.05) is 6.92 Å². The summed E-state index contributed by atoms with van der Waals surface area (Å²) in [7, 11) is 0. The van der Waals surface area contributed by atoms with E-state index in [4.69, 9.17) is 9.47 Å². The van der Waals surface area contributed by atoms with Crippen LogP contribution in [-0.2, 0) is 75.6 Å². The molecule has 0 saturated carbocycles. The van der Waals surface area contributed by atoms with Crippen LogP contribution < -0.4 is 0 Å². The molecule has 0 heterocycles. The number of hydrogen-bond donors (Lipinski definition) is 0. The number of ketones is 5. The molecular formula is C50H98O7W2. The van der Waals surface area contributed by atoms with Gasteiger partial charge in [0, 0.05) is 51.9 Å². The molecule has 0 bridgehead atoms. The first kappa shape index (κ1) is 76.0. The summed E-state index contributed by atoms with van der Waals surface area (Å²) in [6, 6.07) is 0. The van der Waals surface area contributed by atoms with Crippen LogP contribution >= 0.6 is 0 Å². The van der Waals surface area contributed by atoms with Crippen LogP contribution in [0.5, 0.6) is 0 Å². The Balaban J connectivity index is -0.0000000913. The van der Waals surface area contributed by atoms with Gasteiger partial charge in [-0.3, -0.25) is 14.4 Å². The molecule has 0 spiro atoms. The minimum atomic E-state index is 0. The molecule has 0 rings (SSSR count). The van der Waals surface area contributed by atoms with E-state index in [0.29, 0.717) is 86.2 Å². The Kier molecular flexibility index (Phi) is 62.7. The molecule has 0 atom stereocenters. The summed E-state index contributed by atoms with van der Waals surface area (Å²) in [6.07, 6.45) is 14.1. The fourth-order valence-electron chi connectivity index (χ4n) is 4.15. The predicted molar refractivity (Wildman–Crippen MR) is 247 cm³/mol. The Morgan fingerprint density at radius 3 is 1.00 bits per heavy atom. The number of hydrogen-bond acceptors (Lipinski definition) is 7. The van der Waals surface area contributed by atoms with Crippen molar-refractivity contribution in [2.24, 2.45) is 21.7 Å². The summed E-state index contributed by atoms with van der Waals surface area (Å²) in [5.74, 6) is 1.36. The van der Waals surface area contributed by atoms with Crippen LogP contribution in [0.4, 0.5) is 0 Å². The summed E-state index contributed by atoms with van der Waals surface area (Å²) in [5, 5.41) is 0. The summed E-state index contributed by atoms with van der Waals surface area (Å²) >= 11 is 0.